The Morgan fingerprint density at radius 2 is 2.11 bits per heavy atom. The van der Waals surface area contributed by atoms with Gasteiger partial charge >= 0.3 is 0 Å². The van der Waals surface area contributed by atoms with Gasteiger partial charge in [-0.1, -0.05) is 0 Å². The van der Waals surface area contributed by atoms with Crippen molar-refractivity contribution in [2.75, 3.05) is 0 Å². The first-order valence-electron chi connectivity index (χ1n) is 6.23. The molecule has 0 saturated heterocycles. The lowest BCUT2D eigenvalue weighted by Gasteiger charge is -1.93. The van der Waals surface area contributed by atoms with E-state index in [1.54, 1.807) is 0 Å². The highest BCUT2D eigenvalue weighted by atomic mass is 15.3. The van der Waals surface area contributed by atoms with E-state index in [2.05, 4.69) is 43.7 Å². The predicted molar refractivity (Wildman–Crippen MR) is 68.7 cm³/mol. The standard InChI is InChI=1S/C14H10N5/c1-3-10-7-18-9-17-8-12-11(4-2-5-15-12)13(17)14(18)19(10)16-6-1/h1-7,9H,8H2/q+1. The molecule has 5 nitrogen and oxygen atoms in total. The monoisotopic (exact) mass is 248 g/mol. The second-order valence-electron chi connectivity index (χ2n) is 4.81. The number of aromatic nitrogens is 5. The summed E-state index contributed by atoms with van der Waals surface area (Å²) in [5.74, 6) is 0. The molecular weight excluding hydrogens is 238 g/mol. The molecule has 19 heavy (non-hydrogen) atoms. The molecule has 0 amide bonds. The van der Waals surface area contributed by atoms with Crippen LogP contribution in [0.15, 0.2) is 49.2 Å². The van der Waals surface area contributed by atoms with Crippen LogP contribution in [0.25, 0.3) is 22.4 Å². The van der Waals surface area contributed by atoms with Crippen molar-refractivity contribution in [1.82, 2.24) is 19.2 Å². The Labute approximate surface area is 108 Å². The highest BCUT2D eigenvalue weighted by Crippen LogP contribution is 2.32. The summed E-state index contributed by atoms with van der Waals surface area (Å²) in [6.07, 6.45) is 7.88. The molecule has 4 aromatic rings. The Kier molecular flexibility index (Phi) is 1.46. The molecule has 0 unspecified atom stereocenters. The maximum absolute atomic E-state index is 4.46. The molecular formula is C14H10N5+. The molecule has 5 heteroatoms. The minimum Gasteiger partial charge on any atom is -0.257 e. The lowest BCUT2D eigenvalue weighted by atomic mass is 10.2. The molecule has 5 heterocycles. The van der Waals surface area contributed by atoms with Gasteiger partial charge in [0.15, 0.2) is 17.5 Å². The Bertz CT molecular complexity index is 947. The molecule has 0 atom stereocenters. The van der Waals surface area contributed by atoms with Crippen LogP contribution in [0.5, 0.6) is 0 Å². The second-order valence-corrected chi connectivity index (χ2v) is 4.81. The number of pyridine rings is 1. The van der Waals surface area contributed by atoms with E-state index >= 15 is 0 Å². The van der Waals surface area contributed by atoms with E-state index in [0.717, 1.165) is 23.4 Å². The summed E-state index contributed by atoms with van der Waals surface area (Å²) < 4.78 is 6.34. The van der Waals surface area contributed by atoms with Gasteiger partial charge in [0.05, 0.1) is 11.9 Å². The van der Waals surface area contributed by atoms with E-state index < -0.39 is 0 Å². The van der Waals surface area contributed by atoms with Crippen LogP contribution in [0.1, 0.15) is 5.69 Å². The van der Waals surface area contributed by atoms with Gasteiger partial charge in [0, 0.05) is 11.8 Å². The van der Waals surface area contributed by atoms with E-state index in [4.69, 9.17) is 0 Å². The van der Waals surface area contributed by atoms with Gasteiger partial charge in [-0.05, 0) is 24.3 Å². The number of rotatable bonds is 0. The summed E-state index contributed by atoms with van der Waals surface area (Å²) in [5, 5.41) is 4.45. The highest BCUT2D eigenvalue weighted by molar-refractivity contribution is 5.78. The number of hydrogen-bond donors (Lipinski definition) is 0. The largest absolute Gasteiger partial charge is 0.297 e. The maximum Gasteiger partial charge on any atom is 0.297 e. The van der Waals surface area contributed by atoms with Gasteiger partial charge in [0.25, 0.3) is 5.65 Å². The van der Waals surface area contributed by atoms with Crippen molar-refractivity contribution < 1.29 is 4.40 Å². The maximum atomic E-state index is 4.46. The molecule has 0 aromatic carbocycles. The lowest BCUT2D eigenvalue weighted by Crippen LogP contribution is -2.15. The fourth-order valence-corrected chi connectivity index (χ4v) is 2.95. The van der Waals surface area contributed by atoms with Crippen molar-refractivity contribution in [2.24, 2.45) is 0 Å². The van der Waals surface area contributed by atoms with Crippen LogP contribution >= 0.6 is 0 Å². The molecule has 0 N–H and O–H groups in total. The minimum absolute atomic E-state index is 0.835. The van der Waals surface area contributed by atoms with E-state index in [-0.39, 0.29) is 0 Å². The van der Waals surface area contributed by atoms with Gasteiger partial charge in [0.2, 0.25) is 0 Å². The summed E-state index contributed by atoms with van der Waals surface area (Å²) in [6.45, 7) is 0.835. The average Bonchev–Trinajstić information content (AvgIpc) is 3.04. The Hall–Kier alpha value is -2.69. The molecule has 4 aromatic heterocycles. The number of nitrogens with zero attached hydrogens (tertiary/aromatic N) is 5. The molecule has 1 aliphatic rings. The van der Waals surface area contributed by atoms with Crippen molar-refractivity contribution >= 4 is 11.2 Å². The van der Waals surface area contributed by atoms with Crippen molar-refractivity contribution in [3.8, 4) is 11.3 Å². The first-order chi connectivity index (χ1) is 9.42. The van der Waals surface area contributed by atoms with E-state index in [1.807, 2.05) is 29.0 Å². The fraction of sp³-hybridized carbons (Fsp3) is 0.0714. The van der Waals surface area contributed by atoms with Gasteiger partial charge in [-0.3, -0.25) is 9.55 Å². The second kappa shape index (κ2) is 3.00. The van der Waals surface area contributed by atoms with E-state index in [1.165, 1.54) is 11.3 Å². The summed E-state index contributed by atoms with van der Waals surface area (Å²) in [5.41, 5.74) is 5.73. The first kappa shape index (κ1) is 9.27. The van der Waals surface area contributed by atoms with Crippen molar-refractivity contribution in [3.63, 3.8) is 0 Å². The highest BCUT2D eigenvalue weighted by Gasteiger charge is 2.31. The molecule has 0 radical (unpaired) electrons. The molecule has 90 valence electrons. The molecule has 0 saturated carbocycles. The smallest absolute Gasteiger partial charge is 0.257 e. The molecule has 0 fully saturated rings. The van der Waals surface area contributed by atoms with Crippen LogP contribution in [-0.2, 0) is 6.54 Å². The van der Waals surface area contributed by atoms with Crippen LogP contribution in [-0.4, -0.2) is 19.2 Å². The van der Waals surface area contributed by atoms with E-state index in [0.29, 0.717) is 0 Å². The Balaban J connectivity index is 2.00. The first-order valence-corrected chi connectivity index (χ1v) is 6.23. The zero-order chi connectivity index (χ0) is 12.4. The zero-order valence-corrected chi connectivity index (χ0v) is 10.1. The van der Waals surface area contributed by atoms with Gasteiger partial charge in [-0.15, -0.1) is 9.61 Å². The number of hydrogen-bond acceptors (Lipinski definition) is 2. The summed E-state index contributed by atoms with van der Waals surface area (Å²) in [7, 11) is 0. The zero-order valence-electron chi connectivity index (χ0n) is 10.1. The Morgan fingerprint density at radius 1 is 1.16 bits per heavy atom. The van der Waals surface area contributed by atoms with Crippen LogP contribution in [0.3, 0.4) is 0 Å². The van der Waals surface area contributed by atoms with Crippen molar-refractivity contribution in [3.05, 3.63) is 54.9 Å². The number of fused-ring (bicyclic) bond motifs is 7. The predicted octanol–water partition coefficient (Wildman–Crippen LogP) is 1.30. The van der Waals surface area contributed by atoms with Gasteiger partial charge in [-0.25, -0.2) is 4.40 Å². The molecule has 0 bridgehead atoms. The summed E-state index contributed by atoms with van der Waals surface area (Å²) in [6, 6.07) is 8.14. The SMILES string of the molecule is c1cnc2c(c1)-c1c3n4ncccc4c[n+]3cn1C2. The molecule has 1 aliphatic heterocycles. The van der Waals surface area contributed by atoms with Crippen molar-refractivity contribution in [2.45, 2.75) is 6.54 Å². The molecule has 5 rings (SSSR count). The quantitative estimate of drug-likeness (QED) is 0.387. The third-order valence-electron chi connectivity index (χ3n) is 3.72. The van der Waals surface area contributed by atoms with Crippen LogP contribution in [0.2, 0.25) is 0 Å². The summed E-state index contributed by atoms with van der Waals surface area (Å²) >= 11 is 0. The third kappa shape index (κ3) is 1.03. The number of imidazole rings is 2. The van der Waals surface area contributed by atoms with Crippen LogP contribution in [0, 0.1) is 0 Å². The topological polar surface area (TPSA) is 39.2 Å². The normalized spacial score (nSPS) is 13.1. The van der Waals surface area contributed by atoms with Crippen LogP contribution < -0.4 is 4.40 Å². The lowest BCUT2D eigenvalue weighted by molar-refractivity contribution is -0.510. The average molecular weight is 248 g/mol. The molecule has 0 aliphatic carbocycles. The third-order valence-corrected chi connectivity index (χ3v) is 3.72. The van der Waals surface area contributed by atoms with E-state index in [9.17, 15) is 0 Å². The fourth-order valence-electron chi connectivity index (χ4n) is 2.95. The Morgan fingerprint density at radius 3 is 3.11 bits per heavy atom. The van der Waals surface area contributed by atoms with Gasteiger partial charge < -0.3 is 0 Å². The van der Waals surface area contributed by atoms with Gasteiger partial charge in [0.1, 0.15) is 12.7 Å². The molecule has 0 spiro atoms. The van der Waals surface area contributed by atoms with Crippen molar-refractivity contribution in [1.29, 1.82) is 0 Å². The van der Waals surface area contributed by atoms with Crippen LogP contribution in [0.4, 0.5) is 0 Å². The van der Waals surface area contributed by atoms with Gasteiger partial charge in [-0.2, -0.15) is 0 Å². The summed E-state index contributed by atoms with van der Waals surface area (Å²) in [4.78, 5) is 4.46. The minimum atomic E-state index is 0.835.